The number of benzene rings is 2. The Morgan fingerprint density at radius 3 is 2.75 bits per heavy atom. The van der Waals surface area contributed by atoms with Crippen LogP contribution in [0.15, 0.2) is 54.7 Å². The first-order valence-electron chi connectivity index (χ1n) is 6.74. The van der Waals surface area contributed by atoms with Crippen LogP contribution in [0.1, 0.15) is 11.3 Å². The van der Waals surface area contributed by atoms with E-state index in [0.29, 0.717) is 0 Å². The minimum atomic E-state index is 0.733. The van der Waals surface area contributed by atoms with Crippen molar-refractivity contribution >= 4 is 11.6 Å². The number of aromatic nitrogens is 2. The van der Waals surface area contributed by atoms with Gasteiger partial charge in [-0.05, 0) is 42.2 Å². The van der Waals surface area contributed by atoms with E-state index in [9.17, 15) is 0 Å². The first-order valence-corrected chi connectivity index (χ1v) is 7.12. The summed E-state index contributed by atoms with van der Waals surface area (Å²) in [6.07, 6.45) is 4.18. The number of rotatable bonds is 1. The van der Waals surface area contributed by atoms with Crippen molar-refractivity contribution in [3.05, 3.63) is 71.0 Å². The molecule has 3 heteroatoms. The molecular formula is C17H13ClN2. The second-order valence-electron chi connectivity index (χ2n) is 5.07. The minimum Gasteiger partial charge on any atom is -0.240 e. The molecule has 1 aliphatic rings. The maximum atomic E-state index is 6.06. The molecule has 0 spiro atoms. The lowest BCUT2D eigenvalue weighted by Crippen LogP contribution is -2.02. The number of halogens is 1. The molecule has 1 heterocycles. The predicted molar refractivity (Wildman–Crippen MR) is 81.4 cm³/mol. The zero-order valence-electron chi connectivity index (χ0n) is 10.9. The largest absolute Gasteiger partial charge is 0.240 e. The van der Waals surface area contributed by atoms with Gasteiger partial charge in [0.15, 0.2) is 0 Å². The lowest BCUT2D eigenvalue weighted by atomic mass is 9.90. The van der Waals surface area contributed by atoms with Gasteiger partial charge >= 0.3 is 0 Å². The third-order valence-electron chi connectivity index (χ3n) is 3.80. The molecule has 98 valence electrons. The highest BCUT2D eigenvalue weighted by Gasteiger charge is 2.19. The highest BCUT2D eigenvalue weighted by atomic mass is 35.5. The summed E-state index contributed by atoms with van der Waals surface area (Å²) >= 11 is 6.06. The highest BCUT2D eigenvalue weighted by Crippen LogP contribution is 2.33. The standard InChI is InChI=1S/C17H13ClN2/c18-13-5-3-6-14(10-13)20-11-16-15-7-2-1-4-12(15)8-9-17(16)19-20/h1-7,10-11H,8-9H2. The Morgan fingerprint density at radius 2 is 1.85 bits per heavy atom. The lowest BCUT2D eigenvalue weighted by molar-refractivity contribution is 0.814. The van der Waals surface area contributed by atoms with E-state index in [1.807, 2.05) is 28.9 Å². The van der Waals surface area contributed by atoms with Gasteiger partial charge in [-0.25, -0.2) is 4.68 Å². The second kappa shape index (κ2) is 4.50. The van der Waals surface area contributed by atoms with Crippen molar-refractivity contribution in [2.24, 2.45) is 0 Å². The second-order valence-corrected chi connectivity index (χ2v) is 5.51. The summed E-state index contributed by atoms with van der Waals surface area (Å²) in [5, 5.41) is 5.45. The summed E-state index contributed by atoms with van der Waals surface area (Å²) in [4.78, 5) is 0. The number of aryl methyl sites for hydroxylation is 2. The Bertz CT molecular complexity index is 789. The Labute approximate surface area is 122 Å². The van der Waals surface area contributed by atoms with Crippen LogP contribution in [0.3, 0.4) is 0 Å². The first-order chi connectivity index (χ1) is 9.81. The first kappa shape index (κ1) is 11.7. The summed E-state index contributed by atoms with van der Waals surface area (Å²) in [6.45, 7) is 0. The van der Waals surface area contributed by atoms with Crippen molar-refractivity contribution in [2.75, 3.05) is 0 Å². The Hall–Kier alpha value is -2.06. The maximum absolute atomic E-state index is 6.06. The molecule has 4 rings (SSSR count). The van der Waals surface area contributed by atoms with Crippen LogP contribution in [-0.2, 0) is 12.8 Å². The zero-order chi connectivity index (χ0) is 13.5. The monoisotopic (exact) mass is 280 g/mol. The molecule has 0 radical (unpaired) electrons. The minimum absolute atomic E-state index is 0.733. The Balaban J connectivity index is 1.86. The van der Waals surface area contributed by atoms with Crippen molar-refractivity contribution in [1.82, 2.24) is 9.78 Å². The van der Waals surface area contributed by atoms with Gasteiger partial charge < -0.3 is 0 Å². The predicted octanol–water partition coefficient (Wildman–Crippen LogP) is 4.29. The van der Waals surface area contributed by atoms with E-state index in [-0.39, 0.29) is 0 Å². The van der Waals surface area contributed by atoms with Crippen LogP contribution < -0.4 is 0 Å². The van der Waals surface area contributed by atoms with Crippen LogP contribution in [0.25, 0.3) is 16.8 Å². The van der Waals surface area contributed by atoms with Crippen LogP contribution in [0.5, 0.6) is 0 Å². The van der Waals surface area contributed by atoms with Gasteiger partial charge in [0.2, 0.25) is 0 Å². The quantitative estimate of drug-likeness (QED) is 0.650. The van der Waals surface area contributed by atoms with Crippen LogP contribution in [-0.4, -0.2) is 9.78 Å². The number of nitrogens with zero attached hydrogens (tertiary/aromatic N) is 2. The van der Waals surface area contributed by atoms with E-state index >= 15 is 0 Å². The number of hydrogen-bond donors (Lipinski definition) is 0. The molecule has 0 saturated carbocycles. The molecule has 0 unspecified atom stereocenters. The molecule has 2 nitrogen and oxygen atoms in total. The van der Waals surface area contributed by atoms with Crippen LogP contribution in [0, 0.1) is 0 Å². The zero-order valence-corrected chi connectivity index (χ0v) is 11.6. The molecule has 0 fully saturated rings. The molecule has 3 aromatic rings. The molecule has 0 saturated heterocycles. The fraction of sp³-hybridized carbons (Fsp3) is 0.118. The average Bonchev–Trinajstić information content (AvgIpc) is 2.92. The lowest BCUT2D eigenvalue weighted by Gasteiger charge is -2.13. The molecule has 1 aliphatic carbocycles. The van der Waals surface area contributed by atoms with E-state index < -0.39 is 0 Å². The molecule has 20 heavy (non-hydrogen) atoms. The van der Waals surface area contributed by atoms with E-state index in [0.717, 1.165) is 23.6 Å². The average molecular weight is 281 g/mol. The van der Waals surface area contributed by atoms with Crippen molar-refractivity contribution in [1.29, 1.82) is 0 Å². The SMILES string of the molecule is Clc1cccc(-n2cc3c(n2)CCc2ccccc2-3)c1. The highest BCUT2D eigenvalue weighted by molar-refractivity contribution is 6.30. The summed E-state index contributed by atoms with van der Waals surface area (Å²) in [6, 6.07) is 16.4. The Morgan fingerprint density at radius 1 is 0.950 bits per heavy atom. The number of fused-ring (bicyclic) bond motifs is 3. The van der Waals surface area contributed by atoms with Crippen molar-refractivity contribution in [3.63, 3.8) is 0 Å². The van der Waals surface area contributed by atoms with Gasteiger partial charge in [0, 0.05) is 16.8 Å². The molecule has 1 aromatic heterocycles. The fourth-order valence-electron chi connectivity index (χ4n) is 2.82. The number of hydrogen-bond acceptors (Lipinski definition) is 1. The van der Waals surface area contributed by atoms with Gasteiger partial charge in [0.05, 0.1) is 11.4 Å². The smallest absolute Gasteiger partial charge is 0.0710 e. The third kappa shape index (κ3) is 1.84. The molecule has 0 N–H and O–H groups in total. The Kier molecular flexibility index (Phi) is 2.64. The normalized spacial score (nSPS) is 12.8. The summed E-state index contributed by atoms with van der Waals surface area (Å²) in [5.74, 6) is 0. The van der Waals surface area contributed by atoms with Crippen LogP contribution >= 0.6 is 11.6 Å². The van der Waals surface area contributed by atoms with E-state index in [2.05, 4.69) is 30.5 Å². The molecule has 0 atom stereocenters. The van der Waals surface area contributed by atoms with Crippen molar-refractivity contribution < 1.29 is 0 Å². The maximum Gasteiger partial charge on any atom is 0.0710 e. The molecular weight excluding hydrogens is 268 g/mol. The van der Waals surface area contributed by atoms with Crippen molar-refractivity contribution in [2.45, 2.75) is 12.8 Å². The summed E-state index contributed by atoms with van der Waals surface area (Å²) in [5.41, 5.74) is 6.13. The van der Waals surface area contributed by atoms with Gasteiger partial charge in [-0.2, -0.15) is 5.10 Å². The van der Waals surface area contributed by atoms with Gasteiger partial charge in [0.25, 0.3) is 0 Å². The van der Waals surface area contributed by atoms with Crippen molar-refractivity contribution in [3.8, 4) is 16.8 Å². The molecule has 2 aromatic carbocycles. The van der Waals surface area contributed by atoms with Gasteiger partial charge in [-0.3, -0.25) is 0 Å². The molecule has 0 amide bonds. The molecule has 0 aliphatic heterocycles. The summed E-state index contributed by atoms with van der Waals surface area (Å²) in [7, 11) is 0. The van der Waals surface area contributed by atoms with E-state index in [1.165, 1.54) is 22.4 Å². The fourth-order valence-corrected chi connectivity index (χ4v) is 3.01. The topological polar surface area (TPSA) is 17.8 Å². The third-order valence-corrected chi connectivity index (χ3v) is 4.04. The van der Waals surface area contributed by atoms with E-state index in [4.69, 9.17) is 16.7 Å². The van der Waals surface area contributed by atoms with E-state index in [1.54, 1.807) is 0 Å². The van der Waals surface area contributed by atoms with Gasteiger partial charge in [-0.15, -0.1) is 0 Å². The van der Waals surface area contributed by atoms with Gasteiger partial charge in [-0.1, -0.05) is 41.9 Å². The summed E-state index contributed by atoms with van der Waals surface area (Å²) < 4.78 is 1.93. The van der Waals surface area contributed by atoms with Crippen LogP contribution in [0.2, 0.25) is 5.02 Å². The van der Waals surface area contributed by atoms with Crippen LogP contribution in [0.4, 0.5) is 0 Å². The van der Waals surface area contributed by atoms with Gasteiger partial charge in [0.1, 0.15) is 0 Å². The molecule has 0 bridgehead atoms.